The van der Waals surface area contributed by atoms with Gasteiger partial charge in [0.2, 0.25) is 17.5 Å². The number of anilines is 1. The highest BCUT2D eigenvalue weighted by atomic mass is 32.2. The molecule has 0 radical (unpaired) electrons. The highest BCUT2D eigenvalue weighted by molar-refractivity contribution is 8.26. The minimum absolute atomic E-state index is 0.138. The van der Waals surface area contributed by atoms with E-state index in [1.165, 1.54) is 29.5 Å². The van der Waals surface area contributed by atoms with Gasteiger partial charge < -0.3 is 9.32 Å². The highest BCUT2D eigenvalue weighted by Gasteiger charge is 2.31. The SMILES string of the molecule is CCN1C(=O)/C(=C\c2nc(C#N)c(N3CCCCCC3)o2)SC1=S. The molecule has 0 N–H and O–H groups in total. The van der Waals surface area contributed by atoms with Crippen LogP contribution in [0.3, 0.4) is 0 Å². The van der Waals surface area contributed by atoms with Gasteiger partial charge >= 0.3 is 0 Å². The quantitative estimate of drug-likeness (QED) is 0.604. The zero-order valence-electron chi connectivity index (χ0n) is 13.4. The van der Waals surface area contributed by atoms with E-state index in [-0.39, 0.29) is 17.5 Å². The van der Waals surface area contributed by atoms with Gasteiger partial charge in [-0.25, -0.2) is 0 Å². The molecule has 2 fully saturated rings. The second kappa shape index (κ2) is 7.36. The Labute approximate surface area is 150 Å². The highest BCUT2D eigenvalue weighted by Crippen LogP contribution is 2.33. The molecular weight excluding hydrogens is 344 g/mol. The van der Waals surface area contributed by atoms with Crippen molar-refractivity contribution >= 4 is 46.2 Å². The second-order valence-electron chi connectivity index (χ2n) is 5.64. The van der Waals surface area contributed by atoms with Crippen LogP contribution < -0.4 is 4.90 Å². The fraction of sp³-hybridized carbons (Fsp3) is 0.500. The van der Waals surface area contributed by atoms with Gasteiger partial charge in [-0.15, -0.1) is 0 Å². The molecule has 2 aliphatic rings. The number of nitriles is 1. The Morgan fingerprint density at radius 2 is 2.08 bits per heavy atom. The Kier molecular flexibility index (Phi) is 5.21. The van der Waals surface area contributed by atoms with Crippen LogP contribution >= 0.6 is 24.0 Å². The lowest BCUT2D eigenvalue weighted by atomic mass is 10.2. The molecule has 0 aliphatic carbocycles. The van der Waals surface area contributed by atoms with E-state index in [0.717, 1.165) is 25.9 Å². The summed E-state index contributed by atoms with van der Waals surface area (Å²) in [6, 6.07) is 2.09. The maximum absolute atomic E-state index is 12.3. The summed E-state index contributed by atoms with van der Waals surface area (Å²) in [6.07, 6.45) is 6.13. The Hall–Kier alpha value is -1.85. The van der Waals surface area contributed by atoms with Crippen LogP contribution in [-0.4, -0.2) is 39.7 Å². The number of thiocarbonyl (C=S) groups is 1. The summed E-state index contributed by atoms with van der Waals surface area (Å²) in [4.78, 5) is 20.6. The fourth-order valence-corrected chi connectivity index (χ4v) is 4.18. The van der Waals surface area contributed by atoms with Gasteiger partial charge in [-0.05, 0) is 19.8 Å². The molecule has 2 saturated heterocycles. The summed E-state index contributed by atoms with van der Waals surface area (Å²) in [5, 5.41) is 9.35. The molecule has 1 aromatic heterocycles. The molecule has 0 aromatic carbocycles. The van der Waals surface area contributed by atoms with Gasteiger partial charge in [-0.3, -0.25) is 9.69 Å². The number of carbonyl (C=O) groups excluding carboxylic acids is 1. The van der Waals surface area contributed by atoms with Crippen molar-refractivity contribution in [3.63, 3.8) is 0 Å². The van der Waals surface area contributed by atoms with Gasteiger partial charge in [0.1, 0.15) is 10.4 Å². The predicted octanol–water partition coefficient (Wildman–Crippen LogP) is 3.15. The molecule has 0 saturated carbocycles. The van der Waals surface area contributed by atoms with Gasteiger partial charge in [-0.2, -0.15) is 10.2 Å². The van der Waals surface area contributed by atoms with Crippen LogP contribution in [0, 0.1) is 11.3 Å². The molecule has 0 unspecified atom stereocenters. The fourth-order valence-electron chi connectivity index (χ4n) is 2.84. The number of oxazole rings is 1. The molecule has 0 atom stereocenters. The maximum Gasteiger partial charge on any atom is 0.266 e. The van der Waals surface area contributed by atoms with Crippen LogP contribution in [0.4, 0.5) is 5.88 Å². The van der Waals surface area contributed by atoms with Crippen molar-refractivity contribution in [2.45, 2.75) is 32.6 Å². The average Bonchev–Trinajstić information content (AvgIpc) is 2.95. The molecule has 0 bridgehead atoms. The Balaban J connectivity index is 1.88. The van der Waals surface area contributed by atoms with E-state index in [0.29, 0.717) is 21.7 Å². The smallest absolute Gasteiger partial charge is 0.266 e. The van der Waals surface area contributed by atoms with Crippen LogP contribution in [-0.2, 0) is 4.79 Å². The lowest BCUT2D eigenvalue weighted by Crippen LogP contribution is -2.27. The van der Waals surface area contributed by atoms with Gasteiger partial charge in [0.25, 0.3) is 5.91 Å². The minimum Gasteiger partial charge on any atom is -0.420 e. The summed E-state index contributed by atoms with van der Waals surface area (Å²) in [7, 11) is 0. The average molecular weight is 362 g/mol. The first kappa shape index (κ1) is 17.0. The van der Waals surface area contributed by atoms with E-state index < -0.39 is 0 Å². The van der Waals surface area contributed by atoms with Crippen LogP contribution in [0.25, 0.3) is 6.08 Å². The molecule has 1 aromatic rings. The third kappa shape index (κ3) is 3.32. The van der Waals surface area contributed by atoms with Crippen LogP contribution in [0.5, 0.6) is 0 Å². The Morgan fingerprint density at radius 3 is 2.67 bits per heavy atom. The molecule has 3 rings (SSSR count). The zero-order valence-corrected chi connectivity index (χ0v) is 15.1. The first-order valence-corrected chi connectivity index (χ1v) is 9.27. The lowest BCUT2D eigenvalue weighted by Gasteiger charge is -2.18. The second-order valence-corrected chi connectivity index (χ2v) is 7.32. The maximum atomic E-state index is 12.3. The molecule has 126 valence electrons. The monoisotopic (exact) mass is 362 g/mol. The molecule has 8 heteroatoms. The third-order valence-corrected chi connectivity index (χ3v) is 5.45. The first-order chi connectivity index (χ1) is 11.6. The van der Waals surface area contributed by atoms with E-state index in [9.17, 15) is 10.1 Å². The minimum atomic E-state index is -0.138. The summed E-state index contributed by atoms with van der Waals surface area (Å²) >= 11 is 6.43. The van der Waals surface area contributed by atoms with Gasteiger partial charge in [-0.1, -0.05) is 36.8 Å². The summed E-state index contributed by atoms with van der Waals surface area (Å²) < 4.78 is 6.34. The normalized spacial score (nSPS) is 20.6. The summed E-state index contributed by atoms with van der Waals surface area (Å²) in [5.74, 6) is 0.652. The van der Waals surface area contributed by atoms with E-state index >= 15 is 0 Å². The lowest BCUT2D eigenvalue weighted by molar-refractivity contribution is -0.121. The van der Waals surface area contributed by atoms with Crippen molar-refractivity contribution in [1.29, 1.82) is 5.26 Å². The zero-order chi connectivity index (χ0) is 17.1. The Bertz CT molecular complexity index is 727. The van der Waals surface area contributed by atoms with E-state index in [1.54, 1.807) is 6.08 Å². The van der Waals surface area contributed by atoms with E-state index in [1.807, 2.05) is 6.92 Å². The van der Waals surface area contributed by atoms with Gasteiger partial charge in [0.15, 0.2) is 0 Å². The van der Waals surface area contributed by atoms with Crippen molar-refractivity contribution < 1.29 is 9.21 Å². The molecule has 24 heavy (non-hydrogen) atoms. The molecule has 1 amide bonds. The molecule has 2 aliphatic heterocycles. The largest absolute Gasteiger partial charge is 0.420 e. The van der Waals surface area contributed by atoms with E-state index in [4.69, 9.17) is 16.6 Å². The number of carbonyl (C=O) groups is 1. The number of thioether (sulfide) groups is 1. The first-order valence-electron chi connectivity index (χ1n) is 8.05. The van der Waals surface area contributed by atoms with Gasteiger partial charge in [0, 0.05) is 25.7 Å². The van der Waals surface area contributed by atoms with Gasteiger partial charge in [0.05, 0.1) is 4.91 Å². The standard InChI is InChI=1S/C16H18N4O2S2/c1-2-20-14(21)12(24-16(20)23)9-13-18-11(10-17)15(22-13)19-7-5-3-4-6-8-19/h9H,2-8H2,1H3/b12-9+. The van der Waals surface area contributed by atoms with Crippen molar-refractivity contribution in [1.82, 2.24) is 9.88 Å². The third-order valence-electron chi connectivity index (χ3n) is 4.07. The number of hydrogen-bond acceptors (Lipinski definition) is 7. The van der Waals surface area contributed by atoms with Crippen LogP contribution in [0.1, 0.15) is 44.2 Å². The summed E-state index contributed by atoms with van der Waals surface area (Å²) in [6.45, 7) is 4.14. The molecular formula is C16H18N4O2S2. The van der Waals surface area contributed by atoms with Crippen molar-refractivity contribution in [2.75, 3.05) is 24.5 Å². The number of hydrogen-bond donors (Lipinski definition) is 0. The molecule has 3 heterocycles. The van der Waals surface area contributed by atoms with E-state index in [2.05, 4.69) is 16.0 Å². The Morgan fingerprint density at radius 1 is 1.38 bits per heavy atom. The van der Waals surface area contributed by atoms with Crippen LogP contribution in [0.2, 0.25) is 0 Å². The van der Waals surface area contributed by atoms with Crippen molar-refractivity contribution in [3.8, 4) is 6.07 Å². The van der Waals surface area contributed by atoms with Crippen molar-refractivity contribution in [3.05, 3.63) is 16.5 Å². The number of nitrogens with zero attached hydrogens (tertiary/aromatic N) is 4. The van der Waals surface area contributed by atoms with Crippen LogP contribution in [0.15, 0.2) is 9.32 Å². The molecule has 6 nitrogen and oxygen atoms in total. The number of rotatable bonds is 3. The topological polar surface area (TPSA) is 73.4 Å². The molecule has 0 spiro atoms. The number of amides is 1. The predicted molar refractivity (Wildman–Crippen MR) is 97.5 cm³/mol. The number of aromatic nitrogens is 1. The number of likely N-dealkylation sites (N-methyl/N-ethyl adjacent to an activating group) is 1. The van der Waals surface area contributed by atoms with Crippen molar-refractivity contribution in [2.24, 2.45) is 0 Å². The summed E-state index contributed by atoms with van der Waals surface area (Å²) in [5.41, 5.74) is 0.272.